The van der Waals surface area contributed by atoms with Crippen LogP contribution in [0.1, 0.15) is 19.8 Å². The molecule has 0 unspecified atom stereocenters. The number of carbonyl (C=O) groups is 1. The molecule has 0 atom stereocenters. The Bertz CT molecular complexity index is 130. The highest BCUT2D eigenvalue weighted by Crippen LogP contribution is 1.90. The molecule has 0 rings (SSSR count). The van der Waals surface area contributed by atoms with Crippen molar-refractivity contribution in [2.75, 3.05) is 0 Å². The minimum atomic E-state index is -0.877. The molecule has 4 nitrogen and oxygen atoms in total. The normalized spacial score (nSPS) is 11.4. The first kappa shape index (κ1) is 7.94. The van der Waals surface area contributed by atoms with Gasteiger partial charge in [0.2, 0.25) is 0 Å². The molecule has 0 aromatic rings. The molecule has 52 valence electrons. The van der Waals surface area contributed by atoms with Gasteiger partial charge in [-0.25, -0.2) is 0 Å². The van der Waals surface area contributed by atoms with Crippen molar-refractivity contribution in [1.82, 2.24) is 0 Å². The Morgan fingerprint density at radius 1 is 1.56 bits per heavy atom. The quantitative estimate of drug-likeness (QED) is 0.336. The predicted octanol–water partition coefficient (Wildman–Crippen LogP) is 0.701. The molecular weight excluding hydrogens is 122 g/mol. The summed E-state index contributed by atoms with van der Waals surface area (Å²) in [7, 11) is 0. The molecular formula is C5H9NO3. The Morgan fingerprint density at radius 3 is 2.44 bits per heavy atom. The van der Waals surface area contributed by atoms with Crippen LogP contribution in [0.25, 0.3) is 0 Å². The van der Waals surface area contributed by atoms with Crippen LogP contribution in [0.5, 0.6) is 0 Å². The minimum absolute atomic E-state index is 0.0237. The molecule has 0 heterocycles. The number of hydrogen-bond acceptors (Lipinski definition) is 3. The van der Waals surface area contributed by atoms with Crippen molar-refractivity contribution >= 4 is 11.7 Å². The lowest BCUT2D eigenvalue weighted by atomic mass is 10.2. The molecule has 9 heavy (non-hydrogen) atoms. The maximum absolute atomic E-state index is 9.88. The van der Waals surface area contributed by atoms with Crippen molar-refractivity contribution in [3.63, 3.8) is 0 Å². The SMILES string of the molecule is C/C(CCC(=O)O)=N/O. The van der Waals surface area contributed by atoms with E-state index in [0.29, 0.717) is 12.1 Å². The summed E-state index contributed by atoms with van der Waals surface area (Å²) in [6, 6.07) is 0. The second-order valence-corrected chi connectivity index (χ2v) is 1.73. The lowest BCUT2D eigenvalue weighted by Gasteiger charge is -1.90. The Kier molecular flexibility index (Phi) is 3.43. The van der Waals surface area contributed by atoms with Crippen LogP contribution in [0.2, 0.25) is 0 Å². The minimum Gasteiger partial charge on any atom is -0.481 e. The molecule has 0 saturated heterocycles. The van der Waals surface area contributed by atoms with Crippen LogP contribution in [-0.4, -0.2) is 22.0 Å². The van der Waals surface area contributed by atoms with Gasteiger partial charge in [-0.3, -0.25) is 4.79 Å². The summed E-state index contributed by atoms with van der Waals surface area (Å²) in [5.74, 6) is -0.877. The first-order chi connectivity index (χ1) is 4.16. The lowest BCUT2D eigenvalue weighted by Crippen LogP contribution is -1.99. The maximum Gasteiger partial charge on any atom is 0.303 e. The van der Waals surface area contributed by atoms with Crippen LogP contribution in [0, 0.1) is 0 Å². The number of nitrogens with zero attached hydrogens (tertiary/aromatic N) is 1. The number of rotatable bonds is 3. The van der Waals surface area contributed by atoms with Crippen molar-refractivity contribution < 1.29 is 15.1 Å². The third-order valence-corrected chi connectivity index (χ3v) is 0.871. The number of aliphatic carboxylic acids is 1. The van der Waals surface area contributed by atoms with E-state index in [0.717, 1.165) is 0 Å². The highest BCUT2D eigenvalue weighted by Gasteiger charge is 1.97. The van der Waals surface area contributed by atoms with E-state index in [1.165, 1.54) is 0 Å². The predicted molar refractivity (Wildman–Crippen MR) is 31.8 cm³/mol. The van der Waals surface area contributed by atoms with Crippen LogP contribution < -0.4 is 0 Å². The van der Waals surface area contributed by atoms with Gasteiger partial charge in [-0.15, -0.1) is 0 Å². The van der Waals surface area contributed by atoms with E-state index in [-0.39, 0.29) is 6.42 Å². The van der Waals surface area contributed by atoms with E-state index in [1.54, 1.807) is 6.92 Å². The van der Waals surface area contributed by atoms with Crippen molar-refractivity contribution in [2.24, 2.45) is 5.16 Å². The molecule has 0 fully saturated rings. The number of oxime groups is 1. The Morgan fingerprint density at radius 2 is 2.11 bits per heavy atom. The van der Waals surface area contributed by atoms with Gasteiger partial charge in [0.1, 0.15) is 0 Å². The molecule has 0 radical (unpaired) electrons. The van der Waals surface area contributed by atoms with Crippen molar-refractivity contribution in [2.45, 2.75) is 19.8 Å². The van der Waals surface area contributed by atoms with Crippen LogP contribution in [0.4, 0.5) is 0 Å². The average molecular weight is 131 g/mol. The summed E-state index contributed by atoms with van der Waals surface area (Å²) in [4.78, 5) is 9.88. The fourth-order valence-corrected chi connectivity index (χ4v) is 0.338. The van der Waals surface area contributed by atoms with Gasteiger partial charge in [0, 0.05) is 0 Å². The van der Waals surface area contributed by atoms with Gasteiger partial charge in [0.25, 0.3) is 0 Å². The number of carboxylic acid groups (broad SMARTS) is 1. The molecule has 4 heteroatoms. The molecule has 0 saturated carbocycles. The zero-order chi connectivity index (χ0) is 7.28. The maximum atomic E-state index is 9.88. The average Bonchev–Trinajstić information content (AvgIpc) is 1.83. The fourth-order valence-electron chi connectivity index (χ4n) is 0.338. The molecule has 0 aliphatic heterocycles. The number of carboxylic acids is 1. The van der Waals surface area contributed by atoms with Gasteiger partial charge in [-0.05, 0) is 13.3 Å². The fraction of sp³-hybridized carbons (Fsp3) is 0.600. The largest absolute Gasteiger partial charge is 0.481 e. The van der Waals surface area contributed by atoms with Gasteiger partial charge < -0.3 is 10.3 Å². The second-order valence-electron chi connectivity index (χ2n) is 1.73. The summed E-state index contributed by atoms with van der Waals surface area (Å²) in [6.45, 7) is 1.57. The van der Waals surface area contributed by atoms with Gasteiger partial charge in [-0.2, -0.15) is 0 Å². The van der Waals surface area contributed by atoms with E-state index in [9.17, 15) is 4.79 Å². The van der Waals surface area contributed by atoms with E-state index in [2.05, 4.69) is 5.16 Å². The van der Waals surface area contributed by atoms with E-state index < -0.39 is 5.97 Å². The summed E-state index contributed by atoms with van der Waals surface area (Å²) >= 11 is 0. The first-order valence-electron chi connectivity index (χ1n) is 2.56. The molecule has 0 aliphatic rings. The smallest absolute Gasteiger partial charge is 0.303 e. The summed E-state index contributed by atoms with van der Waals surface area (Å²) in [5, 5.41) is 19.0. The Balaban J connectivity index is 3.39. The molecule has 0 aromatic heterocycles. The second kappa shape index (κ2) is 3.88. The van der Waals surface area contributed by atoms with E-state index >= 15 is 0 Å². The number of hydrogen-bond donors (Lipinski definition) is 2. The Hall–Kier alpha value is -1.06. The van der Waals surface area contributed by atoms with E-state index in [4.69, 9.17) is 10.3 Å². The summed E-state index contributed by atoms with van der Waals surface area (Å²) < 4.78 is 0. The van der Waals surface area contributed by atoms with Gasteiger partial charge in [0.05, 0.1) is 12.1 Å². The topological polar surface area (TPSA) is 69.9 Å². The summed E-state index contributed by atoms with van der Waals surface area (Å²) in [5.41, 5.74) is 0.442. The molecule has 0 bridgehead atoms. The van der Waals surface area contributed by atoms with Gasteiger partial charge in [0.15, 0.2) is 0 Å². The Labute approximate surface area is 52.8 Å². The van der Waals surface area contributed by atoms with Gasteiger partial charge >= 0.3 is 5.97 Å². The molecule has 0 spiro atoms. The van der Waals surface area contributed by atoms with Crippen LogP contribution in [-0.2, 0) is 4.79 Å². The van der Waals surface area contributed by atoms with Gasteiger partial charge in [-0.1, -0.05) is 5.16 Å². The monoisotopic (exact) mass is 131 g/mol. The van der Waals surface area contributed by atoms with Crippen molar-refractivity contribution in [1.29, 1.82) is 0 Å². The zero-order valence-corrected chi connectivity index (χ0v) is 5.16. The third-order valence-electron chi connectivity index (χ3n) is 0.871. The highest BCUT2D eigenvalue weighted by molar-refractivity contribution is 5.84. The molecule has 2 N–H and O–H groups in total. The molecule has 0 amide bonds. The van der Waals surface area contributed by atoms with Crippen LogP contribution >= 0.6 is 0 Å². The highest BCUT2D eigenvalue weighted by atomic mass is 16.4. The van der Waals surface area contributed by atoms with E-state index in [1.807, 2.05) is 0 Å². The van der Waals surface area contributed by atoms with Crippen molar-refractivity contribution in [3.8, 4) is 0 Å². The standard InChI is InChI=1S/C5H9NO3/c1-4(6-9)2-3-5(7)8/h9H,2-3H2,1H3,(H,7,8)/b6-4-. The van der Waals surface area contributed by atoms with Crippen LogP contribution in [0.3, 0.4) is 0 Å². The van der Waals surface area contributed by atoms with Crippen molar-refractivity contribution in [3.05, 3.63) is 0 Å². The lowest BCUT2D eigenvalue weighted by molar-refractivity contribution is -0.136. The molecule has 0 aromatic carbocycles. The first-order valence-corrected chi connectivity index (χ1v) is 2.56. The molecule has 0 aliphatic carbocycles. The summed E-state index contributed by atoms with van der Waals surface area (Å²) in [6.07, 6.45) is 0.335. The van der Waals surface area contributed by atoms with Crippen LogP contribution in [0.15, 0.2) is 5.16 Å². The zero-order valence-electron chi connectivity index (χ0n) is 5.16. The third kappa shape index (κ3) is 4.80.